The number of anilines is 1. The van der Waals surface area contributed by atoms with Gasteiger partial charge in [-0.3, -0.25) is 4.79 Å². The highest BCUT2D eigenvalue weighted by atomic mass is 32.2. The van der Waals surface area contributed by atoms with Crippen LogP contribution in [0.25, 0.3) is 5.82 Å². The zero-order valence-corrected chi connectivity index (χ0v) is 12.5. The van der Waals surface area contributed by atoms with Crippen LogP contribution in [0.4, 0.5) is 5.69 Å². The summed E-state index contributed by atoms with van der Waals surface area (Å²) in [5, 5.41) is 14.6. The minimum Gasteiger partial charge on any atom is -0.321 e. The highest BCUT2D eigenvalue weighted by Crippen LogP contribution is 2.19. The Hall–Kier alpha value is -2.74. The first-order chi connectivity index (χ1) is 10.8. The van der Waals surface area contributed by atoms with Crippen LogP contribution < -0.4 is 5.32 Å². The Bertz CT molecular complexity index is 772. The predicted molar refractivity (Wildman–Crippen MR) is 83.1 cm³/mol. The number of hydrogen-bond donors (Lipinski definition) is 1. The van der Waals surface area contributed by atoms with Crippen molar-refractivity contribution in [3.8, 4) is 5.82 Å². The van der Waals surface area contributed by atoms with Gasteiger partial charge in [0.05, 0.1) is 0 Å². The normalized spacial score (nSPS) is 10.4. The van der Waals surface area contributed by atoms with Crippen molar-refractivity contribution in [1.82, 2.24) is 25.0 Å². The van der Waals surface area contributed by atoms with E-state index >= 15 is 0 Å². The Morgan fingerprint density at radius 2 is 2.14 bits per heavy atom. The SMILES string of the molecule is CSc1cccc(NC(=O)c2ccc(-n3cncn3)nn2)c1. The van der Waals surface area contributed by atoms with E-state index in [1.807, 2.05) is 30.5 Å². The maximum absolute atomic E-state index is 12.2. The smallest absolute Gasteiger partial charge is 0.276 e. The van der Waals surface area contributed by atoms with Crippen LogP contribution in [-0.4, -0.2) is 37.1 Å². The van der Waals surface area contributed by atoms with E-state index in [0.717, 1.165) is 10.6 Å². The summed E-state index contributed by atoms with van der Waals surface area (Å²) in [6.07, 6.45) is 4.90. The van der Waals surface area contributed by atoms with Crippen LogP contribution in [0.2, 0.25) is 0 Å². The molecule has 1 N–H and O–H groups in total. The van der Waals surface area contributed by atoms with Crippen LogP contribution >= 0.6 is 11.8 Å². The number of thioether (sulfide) groups is 1. The molecule has 8 heteroatoms. The fourth-order valence-corrected chi connectivity index (χ4v) is 2.25. The van der Waals surface area contributed by atoms with E-state index in [2.05, 4.69) is 25.6 Å². The number of benzene rings is 1. The van der Waals surface area contributed by atoms with Gasteiger partial charge in [0.15, 0.2) is 11.5 Å². The van der Waals surface area contributed by atoms with Crippen molar-refractivity contribution < 1.29 is 4.79 Å². The number of nitrogens with zero attached hydrogens (tertiary/aromatic N) is 5. The lowest BCUT2D eigenvalue weighted by Crippen LogP contribution is -2.15. The van der Waals surface area contributed by atoms with Crippen LogP contribution in [-0.2, 0) is 0 Å². The standard InChI is InChI=1S/C14H12N6OS/c1-22-11-4-2-3-10(7-11)17-14(21)12-5-6-13(19-18-12)20-9-15-8-16-20/h2-9H,1H3,(H,17,21). The van der Waals surface area contributed by atoms with Crippen molar-refractivity contribution in [1.29, 1.82) is 0 Å². The monoisotopic (exact) mass is 312 g/mol. The second-order valence-electron chi connectivity index (χ2n) is 4.30. The molecule has 2 heterocycles. The summed E-state index contributed by atoms with van der Waals surface area (Å²) in [4.78, 5) is 17.1. The molecule has 0 atom stereocenters. The highest BCUT2D eigenvalue weighted by molar-refractivity contribution is 7.98. The zero-order valence-electron chi connectivity index (χ0n) is 11.7. The maximum Gasteiger partial charge on any atom is 0.276 e. The molecule has 1 amide bonds. The molecule has 0 saturated heterocycles. The average molecular weight is 312 g/mol. The van der Waals surface area contributed by atoms with Crippen molar-refractivity contribution in [2.45, 2.75) is 4.90 Å². The predicted octanol–water partition coefficient (Wildman–Crippen LogP) is 2.03. The lowest BCUT2D eigenvalue weighted by molar-refractivity contribution is 0.102. The number of aromatic nitrogens is 5. The fraction of sp³-hybridized carbons (Fsp3) is 0.0714. The summed E-state index contributed by atoms with van der Waals surface area (Å²) in [6.45, 7) is 0. The molecule has 0 aliphatic heterocycles. The summed E-state index contributed by atoms with van der Waals surface area (Å²) in [5.41, 5.74) is 0.956. The topological polar surface area (TPSA) is 85.6 Å². The molecular weight excluding hydrogens is 300 g/mol. The molecule has 0 spiro atoms. The van der Waals surface area contributed by atoms with Crippen molar-refractivity contribution in [2.24, 2.45) is 0 Å². The molecule has 0 fully saturated rings. The van der Waals surface area contributed by atoms with Gasteiger partial charge in [0.25, 0.3) is 5.91 Å². The molecule has 22 heavy (non-hydrogen) atoms. The van der Waals surface area contributed by atoms with E-state index in [4.69, 9.17) is 0 Å². The lowest BCUT2D eigenvalue weighted by Gasteiger charge is -2.06. The summed E-state index contributed by atoms with van der Waals surface area (Å²) >= 11 is 1.61. The number of amides is 1. The highest BCUT2D eigenvalue weighted by Gasteiger charge is 2.09. The van der Waals surface area contributed by atoms with Gasteiger partial charge in [0.2, 0.25) is 0 Å². The van der Waals surface area contributed by atoms with Crippen LogP contribution in [0.5, 0.6) is 0 Å². The number of hydrogen-bond acceptors (Lipinski definition) is 6. The molecule has 3 aromatic rings. The number of carbonyl (C=O) groups excluding carboxylic acids is 1. The summed E-state index contributed by atoms with van der Waals surface area (Å²) in [5.74, 6) is 0.189. The van der Waals surface area contributed by atoms with Gasteiger partial charge in [-0.1, -0.05) is 6.07 Å². The van der Waals surface area contributed by atoms with E-state index in [1.165, 1.54) is 17.3 Å². The second kappa shape index (κ2) is 6.35. The lowest BCUT2D eigenvalue weighted by atomic mass is 10.3. The van der Waals surface area contributed by atoms with Gasteiger partial charge >= 0.3 is 0 Å². The summed E-state index contributed by atoms with van der Waals surface area (Å²) in [6, 6.07) is 10.9. The molecule has 0 unspecified atom stereocenters. The minimum atomic E-state index is -0.309. The van der Waals surface area contributed by atoms with E-state index in [1.54, 1.807) is 23.9 Å². The fourth-order valence-electron chi connectivity index (χ4n) is 1.79. The molecule has 1 aromatic carbocycles. The number of nitrogens with one attached hydrogen (secondary N) is 1. The van der Waals surface area contributed by atoms with Gasteiger partial charge in [0.1, 0.15) is 12.7 Å². The number of carbonyl (C=O) groups is 1. The molecule has 0 aliphatic rings. The average Bonchev–Trinajstić information content (AvgIpc) is 3.09. The summed E-state index contributed by atoms with van der Waals surface area (Å²) in [7, 11) is 0. The van der Waals surface area contributed by atoms with Crippen LogP contribution in [0, 0.1) is 0 Å². The Morgan fingerprint density at radius 3 is 2.82 bits per heavy atom. The van der Waals surface area contributed by atoms with Crippen LogP contribution in [0.1, 0.15) is 10.5 Å². The van der Waals surface area contributed by atoms with Gasteiger partial charge in [-0.15, -0.1) is 22.0 Å². The Balaban J connectivity index is 1.74. The van der Waals surface area contributed by atoms with Gasteiger partial charge < -0.3 is 5.32 Å². The van der Waals surface area contributed by atoms with Gasteiger partial charge in [-0.25, -0.2) is 9.67 Å². The second-order valence-corrected chi connectivity index (χ2v) is 5.18. The Morgan fingerprint density at radius 1 is 1.23 bits per heavy atom. The third-order valence-electron chi connectivity index (χ3n) is 2.86. The number of rotatable bonds is 4. The summed E-state index contributed by atoms with van der Waals surface area (Å²) < 4.78 is 1.47. The largest absolute Gasteiger partial charge is 0.321 e. The Kier molecular flexibility index (Phi) is 4.10. The van der Waals surface area contributed by atoms with Gasteiger partial charge in [0, 0.05) is 10.6 Å². The third kappa shape index (κ3) is 3.12. The molecular formula is C14H12N6OS. The van der Waals surface area contributed by atoms with Crippen LogP contribution in [0.3, 0.4) is 0 Å². The van der Waals surface area contributed by atoms with E-state index < -0.39 is 0 Å². The van der Waals surface area contributed by atoms with Gasteiger partial charge in [-0.05, 0) is 36.6 Å². The van der Waals surface area contributed by atoms with Crippen molar-refractivity contribution in [3.63, 3.8) is 0 Å². The van der Waals surface area contributed by atoms with Crippen molar-refractivity contribution in [3.05, 3.63) is 54.7 Å². The van der Waals surface area contributed by atoms with Crippen molar-refractivity contribution >= 4 is 23.4 Å². The van der Waals surface area contributed by atoms with E-state index in [0.29, 0.717) is 5.82 Å². The molecule has 0 radical (unpaired) electrons. The van der Waals surface area contributed by atoms with Crippen LogP contribution in [0.15, 0.2) is 53.9 Å². The van der Waals surface area contributed by atoms with Crippen molar-refractivity contribution in [2.75, 3.05) is 11.6 Å². The first kappa shape index (κ1) is 14.2. The maximum atomic E-state index is 12.2. The molecule has 0 saturated carbocycles. The molecule has 3 rings (SSSR count). The molecule has 0 aliphatic carbocycles. The van der Waals surface area contributed by atoms with Gasteiger partial charge in [-0.2, -0.15) is 5.10 Å². The molecule has 110 valence electrons. The molecule has 2 aromatic heterocycles. The molecule has 7 nitrogen and oxygen atoms in total. The van der Waals surface area contributed by atoms with E-state index in [9.17, 15) is 4.79 Å². The van der Waals surface area contributed by atoms with E-state index in [-0.39, 0.29) is 11.6 Å². The quantitative estimate of drug-likeness (QED) is 0.742. The Labute approximate surface area is 130 Å². The zero-order chi connectivity index (χ0) is 15.4. The minimum absolute atomic E-state index is 0.235. The first-order valence-electron chi connectivity index (χ1n) is 6.40. The molecule has 0 bridgehead atoms. The third-order valence-corrected chi connectivity index (χ3v) is 3.59. The first-order valence-corrected chi connectivity index (χ1v) is 7.63.